The first kappa shape index (κ1) is 15.2. The molecule has 0 aromatic carbocycles. The number of carbonyl (C=O) groups is 1. The minimum atomic E-state index is -4.95. The Hall–Kier alpha value is -0.820. The molecule has 0 aliphatic heterocycles. The molecule has 0 aromatic heterocycles. The van der Waals surface area contributed by atoms with Crippen LogP contribution in [0.1, 0.15) is 13.8 Å². The molecule has 7 heteroatoms. The van der Waals surface area contributed by atoms with Crippen molar-refractivity contribution in [2.75, 3.05) is 26.7 Å². The number of carbonyl (C=O) groups excluding carboxylic acids is 1. The van der Waals surface area contributed by atoms with E-state index in [1.807, 2.05) is 0 Å². The van der Waals surface area contributed by atoms with Gasteiger partial charge in [0.15, 0.2) is 6.23 Å². The van der Waals surface area contributed by atoms with E-state index >= 15 is 0 Å². The maximum atomic E-state index is 12.0. The Morgan fingerprint density at radius 3 is 2.19 bits per heavy atom. The SMILES string of the molecule is CCN(CC)C(CNC)OC(=O)C(F)(F)F. The fraction of sp³-hybridized carbons (Fsp3) is 0.889. The van der Waals surface area contributed by atoms with Crippen molar-refractivity contribution in [2.45, 2.75) is 26.3 Å². The smallest absolute Gasteiger partial charge is 0.438 e. The predicted molar refractivity (Wildman–Crippen MR) is 52.8 cm³/mol. The summed E-state index contributed by atoms with van der Waals surface area (Å²) in [6.07, 6.45) is -5.84. The topological polar surface area (TPSA) is 41.6 Å². The van der Waals surface area contributed by atoms with Crippen molar-refractivity contribution in [3.05, 3.63) is 0 Å². The van der Waals surface area contributed by atoms with Crippen LogP contribution in [0.4, 0.5) is 13.2 Å². The van der Waals surface area contributed by atoms with Crippen molar-refractivity contribution < 1.29 is 22.7 Å². The molecular formula is C9H17F3N2O2. The fourth-order valence-electron chi connectivity index (χ4n) is 1.24. The molecule has 0 aliphatic carbocycles. The molecule has 0 heterocycles. The summed E-state index contributed by atoms with van der Waals surface area (Å²) in [7, 11) is 1.58. The highest BCUT2D eigenvalue weighted by Crippen LogP contribution is 2.18. The number of rotatable bonds is 6. The highest BCUT2D eigenvalue weighted by Gasteiger charge is 2.42. The Morgan fingerprint density at radius 1 is 1.38 bits per heavy atom. The Bertz CT molecular complexity index is 217. The lowest BCUT2D eigenvalue weighted by atomic mass is 10.4. The summed E-state index contributed by atoms with van der Waals surface area (Å²) in [6, 6.07) is 0. The average Bonchev–Trinajstić information content (AvgIpc) is 2.18. The van der Waals surface area contributed by atoms with E-state index in [2.05, 4.69) is 10.1 Å². The van der Waals surface area contributed by atoms with Crippen LogP contribution in [0.3, 0.4) is 0 Å². The van der Waals surface area contributed by atoms with Gasteiger partial charge in [-0.05, 0) is 20.1 Å². The van der Waals surface area contributed by atoms with Crippen molar-refractivity contribution >= 4 is 5.97 Å². The molecule has 0 amide bonds. The molecule has 0 spiro atoms. The minimum Gasteiger partial charge on any atom is -0.438 e. The zero-order valence-electron chi connectivity index (χ0n) is 9.60. The van der Waals surface area contributed by atoms with E-state index in [0.29, 0.717) is 13.1 Å². The molecule has 0 fully saturated rings. The molecule has 0 rings (SSSR count). The number of alkyl halides is 3. The number of nitrogens with one attached hydrogen (secondary N) is 1. The number of nitrogens with zero attached hydrogens (tertiary/aromatic N) is 1. The number of esters is 1. The molecule has 0 aromatic rings. The van der Waals surface area contributed by atoms with Crippen LogP contribution in [0, 0.1) is 0 Å². The predicted octanol–water partition coefficient (Wildman–Crippen LogP) is 0.979. The zero-order valence-corrected chi connectivity index (χ0v) is 9.60. The van der Waals surface area contributed by atoms with E-state index in [0.717, 1.165) is 0 Å². The summed E-state index contributed by atoms with van der Waals surface area (Å²) in [5.74, 6) is -2.15. The second kappa shape index (κ2) is 6.70. The Morgan fingerprint density at radius 2 is 1.88 bits per heavy atom. The summed E-state index contributed by atoms with van der Waals surface area (Å²) in [5, 5.41) is 2.69. The Labute approximate surface area is 92.7 Å². The van der Waals surface area contributed by atoms with Gasteiger partial charge in [0.2, 0.25) is 0 Å². The molecule has 1 N–H and O–H groups in total. The number of hydrogen-bond donors (Lipinski definition) is 1. The first-order valence-electron chi connectivity index (χ1n) is 5.03. The van der Waals surface area contributed by atoms with Gasteiger partial charge in [-0.1, -0.05) is 13.8 Å². The molecule has 96 valence electrons. The highest BCUT2D eigenvalue weighted by atomic mass is 19.4. The summed E-state index contributed by atoms with van der Waals surface area (Å²) in [4.78, 5) is 12.3. The molecule has 1 atom stereocenters. The monoisotopic (exact) mass is 242 g/mol. The lowest BCUT2D eigenvalue weighted by Gasteiger charge is -2.29. The quantitative estimate of drug-likeness (QED) is 0.557. The first-order chi connectivity index (χ1) is 7.36. The van der Waals surface area contributed by atoms with Gasteiger partial charge in [0.1, 0.15) is 0 Å². The van der Waals surface area contributed by atoms with E-state index in [1.165, 1.54) is 0 Å². The van der Waals surface area contributed by atoms with Crippen LogP contribution in [0.25, 0.3) is 0 Å². The van der Waals surface area contributed by atoms with E-state index in [4.69, 9.17) is 0 Å². The van der Waals surface area contributed by atoms with Gasteiger partial charge in [0.05, 0.1) is 0 Å². The van der Waals surface area contributed by atoms with Crippen LogP contribution in [-0.4, -0.2) is 50.0 Å². The molecule has 16 heavy (non-hydrogen) atoms. The van der Waals surface area contributed by atoms with Gasteiger partial charge in [0.25, 0.3) is 0 Å². The molecule has 0 radical (unpaired) electrons. The Balaban J connectivity index is 4.49. The normalized spacial score (nSPS) is 13.9. The largest absolute Gasteiger partial charge is 0.490 e. The summed E-state index contributed by atoms with van der Waals surface area (Å²) < 4.78 is 40.4. The fourth-order valence-corrected chi connectivity index (χ4v) is 1.24. The number of hydrogen-bond acceptors (Lipinski definition) is 4. The van der Waals surface area contributed by atoms with Crippen LogP contribution in [0.5, 0.6) is 0 Å². The van der Waals surface area contributed by atoms with Crippen molar-refractivity contribution in [3.8, 4) is 0 Å². The van der Waals surface area contributed by atoms with Crippen molar-refractivity contribution in [1.82, 2.24) is 10.2 Å². The van der Waals surface area contributed by atoms with Crippen LogP contribution < -0.4 is 5.32 Å². The van der Waals surface area contributed by atoms with Gasteiger partial charge in [0, 0.05) is 6.54 Å². The molecule has 0 saturated heterocycles. The third-order valence-corrected chi connectivity index (χ3v) is 2.07. The van der Waals surface area contributed by atoms with Gasteiger partial charge in [-0.2, -0.15) is 13.2 Å². The van der Waals surface area contributed by atoms with Gasteiger partial charge in [-0.15, -0.1) is 0 Å². The zero-order chi connectivity index (χ0) is 12.8. The molecular weight excluding hydrogens is 225 g/mol. The minimum absolute atomic E-state index is 0.156. The van der Waals surface area contributed by atoms with Gasteiger partial charge in [-0.25, -0.2) is 4.79 Å². The second-order valence-electron chi connectivity index (χ2n) is 3.14. The molecule has 4 nitrogen and oxygen atoms in total. The lowest BCUT2D eigenvalue weighted by Crippen LogP contribution is -2.46. The third-order valence-electron chi connectivity index (χ3n) is 2.07. The second-order valence-corrected chi connectivity index (χ2v) is 3.14. The number of halogens is 3. The maximum Gasteiger partial charge on any atom is 0.490 e. The average molecular weight is 242 g/mol. The third kappa shape index (κ3) is 4.80. The van der Waals surface area contributed by atoms with Gasteiger partial charge >= 0.3 is 12.1 Å². The number of ether oxygens (including phenoxy) is 1. The standard InChI is InChI=1S/C9H17F3N2O2/c1-4-14(5-2)7(6-13-3)16-8(15)9(10,11)12/h7,13H,4-6H2,1-3H3. The van der Waals surface area contributed by atoms with Crippen LogP contribution >= 0.6 is 0 Å². The van der Waals surface area contributed by atoms with Crippen LogP contribution in [0.15, 0.2) is 0 Å². The lowest BCUT2D eigenvalue weighted by molar-refractivity contribution is -0.212. The number of likely N-dealkylation sites (N-methyl/N-ethyl adjacent to an activating group) is 2. The Kier molecular flexibility index (Phi) is 6.35. The van der Waals surface area contributed by atoms with Crippen molar-refractivity contribution in [1.29, 1.82) is 0 Å². The summed E-state index contributed by atoms with van der Waals surface area (Å²) in [5.41, 5.74) is 0. The van der Waals surface area contributed by atoms with Crippen molar-refractivity contribution in [3.63, 3.8) is 0 Å². The summed E-state index contributed by atoms with van der Waals surface area (Å²) >= 11 is 0. The molecule has 0 saturated carbocycles. The molecule has 0 aliphatic rings. The van der Waals surface area contributed by atoms with E-state index < -0.39 is 18.4 Å². The highest BCUT2D eigenvalue weighted by molar-refractivity contribution is 5.75. The molecule has 1 unspecified atom stereocenters. The van der Waals surface area contributed by atoms with Crippen LogP contribution in [0.2, 0.25) is 0 Å². The van der Waals surface area contributed by atoms with Crippen LogP contribution in [-0.2, 0) is 9.53 Å². The maximum absolute atomic E-state index is 12.0. The summed E-state index contributed by atoms with van der Waals surface area (Å²) in [6.45, 7) is 4.74. The van der Waals surface area contributed by atoms with E-state index in [-0.39, 0.29) is 6.54 Å². The van der Waals surface area contributed by atoms with Gasteiger partial charge < -0.3 is 10.1 Å². The van der Waals surface area contributed by atoms with E-state index in [1.54, 1.807) is 25.8 Å². The van der Waals surface area contributed by atoms with Gasteiger partial charge in [-0.3, -0.25) is 4.90 Å². The molecule has 0 bridgehead atoms. The van der Waals surface area contributed by atoms with Crippen molar-refractivity contribution in [2.24, 2.45) is 0 Å². The first-order valence-corrected chi connectivity index (χ1v) is 5.03. The van der Waals surface area contributed by atoms with E-state index in [9.17, 15) is 18.0 Å².